The van der Waals surface area contributed by atoms with Gasteiger partial charge >= 0.3 is 0 Å². The predicted molar refractivity (Wildman–Crippen MR) is 128 cm³/mol. The maximum Gasteiger partial charge on any atom is 0.223 e. The molecule has 0 fully saturated rings. The Morgan fingerprint density at radius 2 is 1.31 bits per heavy atom. The first-order chi connectivity index (χ1) is 14.2. The molecule has 0 bridgehead atoms. The van der Waals surface area contributed by atoms with Crippen LogP contribution in [-0.4, -0.2) is 25.0 Å². The van der Waals surface area contributed by atoms with E-state index in [9.17, 15) is 4.79 Å². The van der Waals surface area contributed by atoms with E-state index in [-0.39, 0.29) is 11.8 Å². The van der Waals surface area contributed by atoms with Crippen molar-refractivity contribution in [2.45, 2.75) is 130 Å². The maximum atomic E-state index is 12.5. The van der Waals surface area contributed by atoms with E-state index >= 15 is 0 Å². The number of rotatable bonds is 19. The monoisotopic (exact) mass is 406 g/mol. The zero-order valence-electron chi connectivity index (χ0n) is 20.1. The van der Waals surface area contributed by atoms with Crippen LogP contribution < -0.4 is 10.6 Å². The van der Waals surface area contributed by atoms with Gasteiger partial charge in [-0.2, -0.15) is 0 Å². The van der Waals surface area contributed by atoms with Crippen LogP contribution in [-0.2, 0) is 4.79 Å². The SMILES string of the molecule is CCCCCCC(CCCC)C(=O)NCCC#CCCNC(CC)CCCCC. The summed E-state index contributed by atoms with van der Waals surface area (Å²) in [5.41, 5.74) is 0. The van der Waals surface area contributed by atoms with Crippen LogP contribution in [0, 0.1) is 17.8 Å². The van der Waals surface area contributed by atoms with Crippen molar-refractivity contribution in [2.75, 3.05) is 13.1 Å². The second-order valence-corrected chi connectivity index (χ2v) is 8.39. The Kier molecular flexibility index (Phi) is 20.9. The quantitative estimate of drug-likeness (QED) is 0.187. The first-order valence-electron chi connectivity index (χ1n) is 12.7. The van der Waals surface area contributed by atoms with E-state index in [0.29, 0.717) is 12.6 Å². The number of carbonyl (C=O) groups is 1. The molecule has 0 rings (SSSR count). The molecule has 2 unspecified atom stereocenters. The summed E-state index contributed by atoms with van der Waals surface area (Å²) < 4.78 is 0. The van der Waals surface area contributed by atoms with Crippen LogP contribution in [0.4, 0.5) is 0 Å². The van der Waals surface area contributed by atoms with Gasteiger partial charge in [-0.15, -0.1) is 11.8 Å². The Balaban J connectivity index is 3.95. The molecule has 0 spiro atoms. The van der Waals surface area contributed by atoms with Gasteiger partial charge in [-0.3, -0.25) is 4.79 Å². The molecule has 3 nitrogen and oxygen atoms in total. The minimum absolute atomic E-state index is 0.197. The van der Waals surface area contributed by atoms with Crippen molar-refractivity contribution >= 4 is 5.91 Å². The Hall–Kier alpha value is -1.01. The molecule has 0 aliphatic heterocycles. The lowest BCUT2D eigenvalue weighted by molar-refractivity contribution is -0.125. The minimum Gasteiger partial charge on any atom is -0.355 e. The number of amides is 1. The molecule has 0 heterocycles. The van der Waals surface area contributed by atoms with Gasteiger partial charge < -0.3 is 10.6 Å². The van der Waals surface area contributed by atoms with Crippen LogP contribution in [0.15, 0.2) is 0 Å². The lowest BCUT2D eigenvalue weighted by Gasteiger charge is -2.16. The van der Waals surface area contributed by atoms with Crippen LogP contribution in [0.25, 0.3) is 0 Å². The van der Waals surface area contributed by atoms with Gasteiger partial charge in [0.2, 0.25) is 5.91 Å². The first kappa shape index (κ1) is 28.0. The van der Waals surface area contributed by atoms with Crippen molar-refractivity contribution in [3.63, 3.8) is 0 Å². The lowest BCUT2D eigenvalue weighted by atomic mass is 9.94. The van der Waals surface area contributed by atoms with E-state index < -0.39 is 0 Å². The highest BCUT2D eigenvalue weighted by Crippen LogP contribution is 2.17. The number of hydrogen-bond donors (Lipinski definition) is 2. The van der Waals surface area contributed by atoms with E-state index in [1.54, 1.807) is 0 Å². The fourth-order valence-electron chi connectivity index (χ4n) is 3.67. The topological polar surface area (TPSA) is 41.1 Å². The van der Waals surface area contributed by atoms with Crippen molar-refractivity contribution in [3.8, 4) is 11.8 Å². The summed E-state index contributed by atoms with van der Waals surface area (Å²) in [5.74, 6) is 6.92. The van der Waals surface area contributed by atoms with Gasteiger partial charge in [0.15, 0.2) is 0 Å². The molecule has 0 aliphatic rings. The second kappa shape index (κ2) is 21.7. The number of nitrogens with one attached hydrogen (secondary N) is 2. The Bertz CT molecular complexity index is 424. The summed E-state index contributed by atoms with van der Waals surface area (Å²) in [4.78, 5) is 12.5. The van der Waals surface area contributed by atoms with Crippen molar-refractivity contribution in [2.24, 2.45) is 5.92 Å². The molecular weight excluding hydrogens is 356 g/mol. The molecule has 0 saturated heterocycles. The second-order valence-electron chi connectivity index (χ2n) is 8.39. The van der Waals surface area contributed by atoms with Gasteiger partial charge in [0.25, 0.3) is 0 Å². The Morgan fingerprint density at radius 3 is 1.97 bits per heavy atom. The number of unbranched alkanes of at least 4 members (excludes halogenated alkanes) is 6. The molecule has 0 aromatic heterocycles. The third-order valence-corrected chi connectivity index (χ3v) is 5.69. The van der Waals surface area contributed by atoms with Crippen LogP contribution >= 0.6 is 0 Å². The van der Waals surface area contributed by atoms with Crippen LogP contribution in [0.5, 0.6) is 0 Å². The van der Waals surface area contributed by atoms with E-state index in [1.807, 2.05) is 0 Å². The predicted octanol–water partition coefficient (Wildman–Crippen LogP) is 6.61. The lowest BCUT2D eigenvalue weighted by Crippen LogP contribution is -2.31. The van der Waals surface area contributed by atoms with Crippen molar-refractivity contribution in [1.29, 1.82) is 0 Å². The van der Waals surface area contributed by atoms with Crippen LogP contribution in [0.3, 0.4) is 0 Å². The van der Waals surface area contributed by atoms with Crippen molar-refractivity contribution in [1.82, 2.24) is 10.6 Å². The van der Waals surface area contributed by atoms with Gasteiger partial charge in [0.05, 0.1) is 0 Å². The van der Waals surface area contributed by atoms with E-state index in [2.05, 4.69) is 50.2 Å². The first-order valence-corrected chi connectivity index (χ1v) is 12.7. The highest BCUT2D eigenvalue weighted by Gasteiger charge is 2.16. The normalized spacial score (nSPS) is 12.8. The Labute approximate surface area is 182 Å². The molecule has 2 N–H and O–H groups in total. The molecule has 1 amide bonds. The highest BCUT2D eigenvalue weighted by atomic mass is 16.1. The average Bonchev–Trinajstić information content (AvgIpc) is 2.73. The van der Waals surface area contributed by atoms with E-state index in [4.69, 9.17) is 0 Å². The third kappa shape index (κ3) is 17.6. The van der Waals surface area contributed by atoms with Crippen molar-refractivity contribution in [3.05, 3.63) is 0 Å². The van der Waals surface area contributed by atoms with Crippen LogP contribution in [0.1, 0.15) is 124 Å². The molecule has 0 radical (unpaired) electrons. The summed E-state index contributed by atoms with van der Waals surface area (Å²) in [6.07, 6.45) is 17.4. The smallest absolute Gasteiger partial charge is 0.223 e. The molecule has 170 valence electrons. The van der Waals surface area contributed by atoms with Gasteiger partial charge in [-0.05, 0) is 25.7 Å². The van der Waals surface area contributed by atoms with Crippen LogP contribution in [0.2, 0.25) is 0 Å². The molecule has 0 aliphatic carbocycles. The number of carbonyl (C=O) groups excluding carboxylic acids is 1. The van der Waals surface area contributed by atoms with Gasteiger partial charge in [-0.1, -0.05) is 85.5 Å². The highest BCUT2D eigenvalue weighted by molar-refractivity contribution is 5.78. The molecule has 0 aromatic rings. The average molecular weight is 407 g/mol. The molecule has 29 heavy (non-hydrogen) atoms. The zero-order valence-corrected chi connectivity index (χ0v) is 20.1. The molecule has 3 heteroatoms. The minimum atomic E-state index is 0.197. The summed E-state index contributed by atoms with van der Waals surface area (Å²) >= 11 is 0. The molecular formula is C26H50N2O. The van der Waals surface area contributed by atoms with Gasteiger partial charge in [0.1, 0.15) is 0 Å². The standard InChI is InChI=1S/C26H50N2O/c1-5-9-12-16-20-24(19-11-7-3)26(29)28-23-18-14-13-17-22-27-25(8-4)21-15-10-6-2/h24-25,27H,5-12,15-23H2,1-4H3,(H,28,29). The van der Waals surface area contributed by atoms with E-state index in [0.717, 1.165) is 45.1 Å². The largest absolute Gasteiger partial charge is 0.355 e. The molecule has 0 aromatic carbocycles. The van der Waals surface area contributed by atoms with Gasteiger partial charge in [0, 0.05) is 37.9 Å². The maximum absolute atomic E-state index is 12.5. The Morgan fingerprint density at radius 1 is 0.724 bits per heavy atom. The molecule has 2 atom stereocenters. The zero-order chi connectivity index (χ0) is 21.6. The molecule has 0 saturated carbocycles. The third-order valence-electron chi connectivity index (χ3n) is 5.69. The summed E-state index contributed by atoms with van der Waals surface area (Å²) in [6, 6.07) is 0.639. The van der Waals surface area contributed by atoms with Crippen molar-refractivity contribution < 1.29 is 4.79 Å². The number of hydrogen-bond acceptors (Lipinski definition) is 2. The summed E-state index contributed by atoms with van der Waals surface area (Å²) in [5, 5.41) is 6.75. The fraction of sp³-hybridized carbons (Fsp3) is 0.885. The summed E-state index contributed by atoms with van der Waals surface area (Å²) in [6.45, 7) is 10.6. The fourth-order valence-corrected chi connectivity index (χ4v) is 3.67. The van der Waals surface area contributed by atoms with Gasteiger partial charge in [-0.25, -0.2) is 0 Å². The van der Waals surface area contributed by atoms with E-state index in [1.165, 1.54) is 57.8 Å². The summed E-state index contributed by atoms with van der Waals surface area (Å²) in [7, 11) is 0.